The minimum atomic E-state index is -3.72. The Morgan fingerprint density at radius 1 is 0.826 bits per heavy atom. The minimum absolute atomic E-state index is 0.0537. The second-order valence-electron chi connectivity index (χ2n) is 11.2. The number of phenolic OH excluding ortho intramolecular Hbond substituents is 1. The first-order valence-electron chi connectivity index (χ1n) is 14.9. The van der Waals surface area contributed by atoms with Crippen molar-refractivity contribution >= 4 is 27.5 Å². The molecule has 0 fully saturated rings. The second kappa shape index (κ2) is 15.5. The molecule has 10 nitrogen and oxygen atoms in total. The van der Waals surface area contributed by atoms with Crippen molar-refractivity contribution in [1.82, 2.24) is 16.0 Å². The van der Waals surface area contributed by atoms with Gasteiger partial charge in [0.15, 0.2) is 0 Å². The van der Waals surface area contributed by atoms with Crippen LogP contribution in [0.4, 0.5) is 5.69 Å². The van der Waals surface area contributed by atoms with Crippen molar-refractivity contribution in [1.29, 1.82) is 0 Å². The average molecular weight is 645 g/mol. The van der Waals surface area contributed by atoms with Gasteiger partial charge in [-0.3, -0.25) is 13.9 Å². The summed E-state index contributed by atoms with van der Waals surface area (Å²) in [6.45, 7) is 2.24. The summed E-state index contributed by atoms with van der Waals surface area (Å²) in [5.41, 5.74) is 2.72. The fourth-order valence-corrected chi connectivity index (χ4v) is 5.40. The molecule has 4 aromatic carbocycles. The number of hydrogen-bond acceptors (Lipinski definition) is 7. The number of phenols is 1. The third kappa shape index (κ3) is 9.40. The van der Waals surface area contributed by atoms with Gasteiger partial charge < -0.3 is 26.2 Å². The van der Waals surface area contributed by atoms with E-state index in [1.54, 1.807) is 24.3 Å². The number of hydrogen-bond donors (Lipinski definition) is 5. The van der Waals surface area contributed by atoms with Gasteiger partial charge >= 0.3 is 0 Å². The van der Waals surface area contributed by atoms with Crippen molar-refractivity contribution in [3.05, 3.63) is 131 Å². The predicted molar refractivity (Wildman–Crippen MR) is 179 cm³/mol. The van der Waals surface area contributed by atoms with Gasteiger partial charge in [0.25, 0.3) is 11.8 Å². The third-order valence-electron chi connectivity index (χ3n) is 7.69. The molecule has 46 heavy (non-hydrogen) atoms. The lowest BCUT2D eigenvalue weighted by Gasteiger charge is -2.26. The molecule has 0 unspecified atom stereocenters. The molecule has 3 atom stereocenters. The number of aromatic hydroxyl groups is 1. The van der Waals surface area contributed by atoms with Crippen LogP contribution in [0.5, 0.6) is 5.75 Å². The Morgan fingerprint density at radius 3 is 2.00 bits per heavy atom. The fraction of sp³-hybridized carbons (Fsp3) is 0.257. The fourth-order valence-electron chi connectivity index (χ4n) is 4.91. The maximum absolute atomic E-state index is 13.8. The van der Waals surface area contributed by atoms with Gasteiger partial charge in [-0.05, 0) is 48.7 Å². The lowest BCUT2D eigenvalue weighted by Crippen LogP contribution is -2.48. The van der Waals surface area contributed by atoms with Crippen LogP contribution in [-0.2, 0) is 23.0 Å². The number of amides is 2. The highest BCUT2D eigenvalue weighted by Gasteiger charge is 2.25. The van der Waals surface area contributed by atoms with Crippen LogP contribution in [0.15, 0.2) is 103 Å². The summed E-state index contributed by atoms with van der Waals surface area (Å²) in [5, 5.41) is 30.2. The smallest absolute Gasteiger partial charge is 0.251 e. The molecule has 11 heteroatoms. The number of carbonyl (C=O) groups excluding carboxylic acids is 2. The minimum Gasteiger partial charge on any atom is -0.508 e. The molecule has 0 saturated heterocycles. The van der Waals surface area contributed by atoms with Crippen LogP contribution in [0.1, 0.15) is 50.4 Å². The Morgan fingerprint density at radius 2 is 1.39 bits per heavy atom. The number of carbonyl (C=O) groups is 2. The molecule has 0 aliphatic carbocycles. The summed E-state index contributed by atoms with van der Waals surface area (Å²) in [5.74, 6) is -0.937. The van der Waals surface area contributed by atoms with Crippen LogP contribution in [0.2, 0.25) is 0 Å². The van der Waals surface area contributed by atoms with Crippen molar-refractivity contribution in [3.63, 3.8) is 0 Å². The zero-order chi connectivity index (χ0) is 33.3. The van der Waals surface area contributed by atoms with Gasteiger partial charge in [-0.15, -0.1) is 0 Å². The van der Waals surface area contributed by atoms with Crippen molar-refractivity contribution in [2.45, 2.75) is 38.1 Å². The predicted octanol–water partition coefficient (Wildman–Crippen LogP) is 3.77. The number of aliphatic hydroxyl groups is 1. The maximum Gasteiger partial charge on any atom is 0.251 e. The zero-order valence-corrected chi connectivity index (χ0v) is 26.9. The summed E-state index contributed by atoms with van der Waals surface area (Å²) in [4.78, 5) is 27.1. The van der Waals surface area contributed by atoms with E-state index in [0.717, 1.165) is 21.7 Å². The first-order valence-corrected chi connectivity index (χ1v) is 16.7. The van der Waals surface area contributed by atoms with Gasteiger partial charge in [0, 0.05) is 36.8 Å². The molecule has 0 radical (unpaired) electrons. The summed E-state index contributed by atoms with van der Waals surface area (Å²) in [6.07, 6.45) is 0.300. The summed E-state index contributed by atoms with van der Waals surface area (Å²) in [7, 11) is -2.37. The van der Waals surface area contributed by atoms with E-state index in [2.05, 4.69) is 16.0 Å². The Hall–Kier alpha value is -4.71. The quantitative estimate of drug-likeness (QED) is 0.140. The van der Waals surface area contributed by atoms with E-state index in [1.165, 1.54) is 25.2 Å². The molecule has 4 aromatic rings. The van der Waals surface area contributed by atoms with Crippen molar-refractivity contribution in [3.8, 4) is 5.75 Å². The molecule has 5 N–H and O–H groups in total. The number of sulfonamides is 1. The molecular weight excluding hydrogens is 604 g/mol. The molecule has 242 valence electrons. The monoisotopic (exact) mass is 644 g/mol. The first kappa shape index (κ1) is 34.2. The van der Waals surface area contributed by atoms with Gasteiger partial charge in [-0.25, -0.2) is 8.42 Å². The number of benzene rings is 4. The van der Waals surface area contributed by atoms with E-state index in [4.69, 9.17) is 0 Å². The van der Waals surface area contributed by atoms with E-state index < -0.39 is 34.0 Å². The number of nitrogens with one attached hydrogen (secondary N) is 3. The van der Waals surface area contributed by atoms with E-state index >= 15 is 0 Å². The van der Waals surface area contributed by atoms with Crippen LogP contribution >= 0.6 is 0 Å². The maximum atomic E-state index is 13.8. The van der Waals surface area contributed by atoms with Crippen LogP contribution in [0.25, 0.3) is 0 Å². The lowest BCUT2D eigenvalue weighted by molar-refractivity contribution is 0.0830. The summed E-state index contributed by atoms with van der Waals surface area (Å²) >= 11 is 0. The topological polar surface area (TPSA) is 148 Å². The number of anilines is 1. The largest absolute Gasteiger partial charge is 0.508 e. The summed E-state index contributed by atoms with van der Waals surface area (Å²) in [6, 6.07) is 28.7. The molecule has 2 amide bonds. The number of para-hydroxylation sites is 1. The molecule has 0 bridgehead atoms. The SMILES string of the molecule is C[C@@H](NC(=O)c1cc(C(=O)N[C@@H](Cc2ccccc2)[C@H](O)CNCc2ccccc2O)cc(N(C)S(C)(=O)=O)c1)c1ccccc1. The molecule has 0 heterocycles. The second-order valence-corrected chi connectivity index (χ2v) is 13.2. The van der Waals surface area contributed by atoms with E-state index in [9.17, 15) is 28.2 Å². The molecule has 0 spiro atoms. The van der Waals surface area contributed by atoms with Crippen LogP contribution in [-0.4, -0.2) is 62.4 Å². The van der Waals surface area contributed by atoms with Gasteiger partial charge in [0.2, 0.25) is 10.0 Å². The molecule has 4 rings (SSSR count). The van der Waals surface area contributed by atoms with Crippen LogP contribution < -0.4 is 20.3 Å². The summed E-state index contributed by atoms with van der Waals surface area (Å²) < 4.78 is 25.8. The Balaban J connectivity index is 1.59. The number of nitrogens with zero attached hydrogens (tertiary/aromatic N) is 1. The zero-order valence-electron chi connectivity index (χ0n) is 26.1. The Labute approximate surface area is 270 Å². The molecule has 0 aromatic heterocycles. The normalized spacial score (nSPS) is 13.3. The van der Waals surface area contributed by atoms with Crippen molar-refractivity contribution in [2.24, 2.45) is 0 Å². The van der Waals surface area contributed by atoms with E-state index in [0.29, 0.717) is 18.5 Å². The number of aliphatic hydroxyl groups excluding tert-OH is 1. The van der Waals surface area contributed by atoms with E-state index in [-0.39, 0.29) is 35.2 Å². The van der Waals surface area contributed by atoms with E-state index in [1.807, 2.05) is 67.6 Å². The average Bonchev–Trinajstić information content (AvgIpc) is 3.05. The van der Waals surface area contributed by atoms with Crippen molar-refractivity contribution < 1.29 is 28.2 Å². The number of rotatable bonds is 14. The molecule has 0 saturated carbocycles. The first-order chi connectivity index (χ1) is 21.9. The highest BCUT2D eigenvalue weighted by Crippen LogP contribution is 2.23. The standard InChI is InChI=1S/C35H40N4O6S/c1-24(26-14-8-5-9-15-26)37-34(42)28-19-29(21-30(20-28)39(2)46(3,44)45)35(43)38-31(18-25-12-6-4-7-13-25)33(41)23-36-22-27-16-10-11-17-32(27)40/h4-17,19-21,24,31,33,36,40-41H,18,22-23H2,1-3H3,(H,37,42)(H,38,43)/t24-,31+,33-/m1/s1. The van der Waals surface area contributed by atoms with Crippen LogP contribution in [0, 0.1) is 0 Å². The highest BCUT2D eigenvalue weighted by molar-refractivity contribution is 7.92. The van der Waals surface area contributed by atoms with Gasteiger partial charge in [0.05, 0.1) is 30.1 Å². The Kier molecular flexibility index (Phi) is 11.5. The molecule has 0 aliphatic rings. The third-order valence-corrected chi connectivity index (χ3v) is 8.90. The van der Waals surface area contributed by atoms with Gasteiger partial charge in [-0.1, -0.05) is 78.9 Å². The van der Waals surface area contributed by atoms with Gasteiger partial charge in [0.1, 0.15) is 5.75 Å². The van der Waals surface area contributed by atoms with Crippen LogP contribution in [0.3, 0.4) is 0 Å². The highest BCUT2D eigenvalue weighted by atomic mass is 32.2. The molecular formula is C35H40N4O6S. The Bertz CT molecular complexity index is 1730. The lowest BCUT2D eigenvalue weighted by atomic mass is 9.99. The van der Waals surface area contributed by atoms with Crippen molar-refractivity contribution in [2.75, 3.05) is 24.2 Å². The van der Waals surface area contributed by atoms with Gasteiger partial charge in [-0.2, -0.15) is 0 Å². The molecule has 0 aliphatic heterocycles.